The molecule has 1 saturated carbocycles. The molecule has 0 bridgehead atoms. The summed E-state index contributed by atoms with van der Waals surface area (Å²) < 4.78 is 12.2. The summed E-state index contributed by atoms with van der Waals surface area (Å²) in [6.07, 6.45) is 2.52. The molecule has 1 aliphatic carbocycles. The molecule has 1 rings (SSSR count). The predicted octanol–water partition coefficient (Wildman–Crippen LogP) is 2.14. The number of hydrogen-bond acceptors (Lipinski definition) is 0. The molecule has 0 saturated heterocycles. The summed E-state index contributed by atoms with van der Waals surface area (Å²) in [4.78, 5) is 0. The van der Waals surface area contributed by atoms with Crippen LogP contribution in [-0.4, -0.2) is 6.17 Å². The lowest BCUT2D eigenvalue weighted by atomic mass is 9.81. The fourth-order valence-electron chi connectivity index (χ4n) is 0.988. The van der Waals surface area contributed by atoms with E-state index in [4.69, 9.17) is 0 Å². The summed E-state index contributed by atoms with van der Waals surface area (Å²) in [7, 11) is 0. The van der Waals surface area contributed by atoms with Gasteiger partial charge >= 0.3 is 0 Å². The Labute approximate surface area is 43.7 Å². The molecule has 0 heterocycles. The van der Waals surface area contributed by atoms with E-state index in [1.165, 1.54) is 0 Å². The summed E-state index contributed by atoms with van der Waals surface area (Å²) in [6, 6.07) is 0. The van der Waals surface area contributed by atoms with E-state index in [0.717, 1.165) is 19.3 Å². The third-order valence-corrected chi connectivity index (χ3v) is 1.85. The molecule has 2 unspecified atom stereocenters. The van der Waals surface area contributed by atoms with Gasteiger partial charge in [-0.05, 0) is 18.8 Å². The third kappa shape index (κ3) is 0.767. The number of halogens is 1. The van der Waals surface area contributed by atoms with Crippen LogP contribution in [0.1, 0.15) is 26.2 Å². The Morgan fingerprint density at radius 3 is 2.29 bits per heavy atom. The largest absolute Gasteiger partial charge is 0.247 e. The monoisotopic (exact) mass is 102 g/mol. The fraction of sp³-hybridized carbons (Fsp3) is 1.00. The van der Waals surface area contributed by atoms with Gasteiger partial charge in [0.25, 0.3) is 0 Å². The van der Waals surface area contributed by atoms with Crippen molar-refractivity contribution in [2.75, 3.05) is 0 Å². The Bertz CT molecular complexity index is 59.2. The van der Waals surface area contributed by atoms with E-state index in [2.05, 4.69) is 6.92 Å². The standard InChI is InChI=1S/C6H11F/c1-2-5-3-4-6(5)7/h5-6H,2-4H2,1H3. The average Bonchev–Trinajstić information content (AvgIpc) is 1.65. The van der Waals surface area contributed by atoms with Crippen LogP contribution in [0.3, 0.4) is 0 Å². The third-order valence-electron chi connectivity index (χ3n) is 1.85. The fourth-order valence-corrected chi connectivity index (χ4v) is 0.988. The normalized spacial score (nSPS) is 40.3. The van der Waals surface area contributed by atoms with Crippen LogP contribution in [0.15, 0.2) is 0 Å². The van der Waals surface area contributed by atoms with Gasteiger partial charge in [0.15, 0.2) is 0 Å². The minimum absolute atomic E-state index is 0.417. The number of rotatable bonds is 1. The summed E-state index contributed by atoms with van der Waals surface area (Å²) in [5.41, 5.74) is 0. The molecule has 7 heavy (non-hydrogen) atoms. The van der Waals surface area contributed by atoms with Gasteiger partial charge in [-0.25, -0.2) is 4.39 Å². The molecule has 0 nitrogen and oxygen atoms in total. The maximum absolute atomic E-state index is 12.2. The Hall–Kier alpha value is -0.0700. The lowest BCUT2D eigenvalue weighted by Crippen LogP contribution is -2.25. The first-order valence-electron chi connectivity index (χ1n) is 2.98. The van der Waals surface area contributed by atoms with Crippen LogP contribution in [0.5, 0.6) is 0 Å². The summed E-state index contributed by atoms with van der Waals surface area (Å²) >= 11 is 0. The van der Waals surface area contributed by atoms with Crippen molar-refractivity contribution in [3.05, 3.63) is 0 Å². The smallest absolute Gasteiger partial charge is 0.103 e. The van der Waals surface area contributed by atoms with Gasteiger partial charge < -0.3 is 0 Å². The molecule has 0 aromatic carbocycles. The minimum atomic E-state index is -0.454. The van der Waals surface area contributed by atoms with Crippen molar-refractivity contribution in [2.24, 2.45) is 5.92 Å². The van der Waals surface area contributed by atoms with Crippen LogP contribution >= 0.6 is 0 Å². The zero-order valence-corrected chi connectivity index (χ0v) is 4.65. The summed E-state index contributed by atoms with van der Waals surface area (Å²) in [5, 5.41) is 0. The molecule has 0 aromatic rings. The van der Waals surface area contributed by atoms with Crippen LogP contribution in [0.25, 0.3) is 0 Å². The van der Waals surface area contributed by atoms with Gasteiger partial charge in [-0.3, -0.25) is 0 Å². The van der Waals surface area contributed by atoms with Gasteiger partial charge in [-0.2, -0.15) is 0 Å². The highest BCUT2D eigenvalue weighted by Gasteiger charge is 2.28. The molecule has 0 aromatic heterocycles. The van der Waals surface area contributed by atoms with E-state index < -0.39 is 6.17 Å². The Balaban J connectivity index is 2.16. The van der Waals surface area contributed by atoms with Gasteiger partial charge in [-0.15, -0.1) is 0 Å². The number of hydrogen-bond donors (Lipinski definition) is 0. The second-order valence-electron chi connectivity index (χ2n) is 2.26. The molecule has 2 atom stereocenters. The van der Waals surface area contributed by atoms with Crippen LogP contribution < -0.4 is 0 Å². The van der Waals surface area contributed by atoms with E-state index in [0.29, 0.717) is 5.92 Å². The molecule has 0 radical (unpaired) electrons. The van der Waals surface area contributed by atoms with Crippen LogP contribution in [0, 0.1) is 5.92 Å². The molecule has 1 heteroatoms. The van der Waals surface area contributed by atoms with Crippen molar-refractivity contribution >= 4 is 0 Å². The quantitative estimate of drug-likeness (QED) is 0.476. The van der Waals surface area contributed by atoms with Gasteiger partial charge in [0.2, 0.25) is 0 Å². The van der Waals surface area contributed by atoms with Crippen molar-refractivity contribution in [3.8, 4) is 0 Å². The Kier molecular flexibility index (Phi) is 1.31. The second-order valence-corrected chi connectivity index (χ2v) is 2.26. The van der Waals surface area contributed by atoms with Gasteiger partial charge in [-0.1, -0.05) is 13.3 Å². The molecule has 1 fully saturated rings. The SMILES string of the molecule is CCC1CCC1F. The molecule has 42 valence electrons. The molecule has 0 spiro atoms. The topological polar surface area (TPSA) is 0 Å². The van der Waals surface area contributed by atoms with Gasteiger partial charge in [0.05, 0.1) is 0 Å². The van der Waals surface area contributed by atoms with Crippen LogP contribution in [0.2, 0.25) is 0 Å². The van der Waals surface area contributed by atoms with E-state index in [9.17, 15) is 4.39 Å². The zero-order chi connectivity index (χ0) is 5.28. The summed E-state index contributed by atoms with van der Waals surface area (Å²) in [6.45, 7) is 2.05. The van der Waals surface area contributed by atoms with E-state index in [1.807, 2.05) is 0 Å². The highest BCUT2D eigenvalue weighted by Crippen LogP contribution is 2.32. The zero-order valence-electron chi connectivity index (χ0n) is 4.65. The van der Waals surface area contributed by atoms with Crippen LogP contribution in [0.4, 0.5) is 4.39 Å². The average molecular weight is 102 g/mol. The van der Waals surface area contributed by atoms with Gasteiger partial charge in [0, 0.05) is 0 Å². The molecular formula is C6H11F. The summed E-state index contributed by atoms with van der Waals surface area (Å²) in [5.74, 6) is 0.417. The second kappa shape index (κ2) is 1.81. The van der Waals surface area contributed by atoms with Crippen molar-refractivity contribution in [3.63, 3.8) is 0 Å². The molecular weight excluding hydrogens is 91.1 g/mol. The first kappa shape index (κ1) is 5.07. The van der Waals surface area contributed by atoms with E-state index >= 15 is 0 Å². The first-order valence-corrected chi connectivity index (χ1v) is 2.98. The molecule has 0 N–H and O–H groups in total. The molecule has 1 aliphatic rings. The van der Waals surface area contributed by atoms with Gasteiger partial charge in [0.1, 0.15) is 6.17 Å². The predicted molar refractivity (Wildman–Crippen MR) is 27.9 cm³/mol. The highest BCUT2D eigenvalue weighted by molar-refractivity contribution is 4.78. The van der Waals surface area contributed by atoms with E-state index in [1.54, 1.807) is 0 Å². The lowest BCUT2D eigenvalue weighted by Gasteiger charge is -2.28. The van der Waals surface area contributed by atoms with Crippen molar-refractivity contribution in [1.82, 2.24) is 0 Å². The van der Waals surface area contributed by atoms with E-state index in [-0.39, 0.29) is 0 Å². The molecule has 0 amide bonds. The lowest BCUT2D eigenvalue weighted by molar-refractivity contribution is 0.109. The first-order chi connectivity index (χ1) is 3.34. The highest BCUT2D eigenvalue weighted by atomic mass is 19.1. The maximum atomic E-state index is 12.2. The van der Waals surface area contributed by atoms with Crippen molar-refractivity contribution < 1.29 is 4.39 Å². The Morgan fingerprint density at radius 2 is 2.29 bits per heavy atom. The van der Waals surface area contributed by atoms with Crippen LogP contribution in [-0.2, 0) is 0 Å². The van der Waals surface area contributed by atoms with Crippen molar-refractivity contribution in [2.45, 2.75) is 32.4 Å². The Morgan fingerprint density at radius 1 is 1.57 bits per heavy atom. The molecule has 0 aliphatic heterocycles. The maximum Gasteiger partial charge on any atom is 0.103 e. The van der Waals surface area contributed by atoms with Crippen molar-refractivity contribution in [1.29, 1.82) is 0 Å². The number of alkyl halides is 1. The minimum Gasteiger partial charge on any atom is -0.247 e.